The minimum atomic E-state index is 0. The summed E-state index contributed by atoms with van der Waals surface area (Å²) in [5.41, 5.74) is 0. The van der Waals surface area contributed by atoms with Crippen molar-refractivity contribution in [2.45, 2.75) is 51.1 Å². The Labute approximate surface area is 201 Å². The van der Waals surface area contributed by atoms with Crippen molar-refractivity contribution in [2.24, 2.45) is 4.99 Å². The van der Waals surface area contributed by atoms with Gasteiger partial charge >= 0.3 is 0 Å². The lowest BCUT2D eigenvalue weighted by Crippen LogP contribution is -2.46. The lowest BCUT2D eigenvalue weighted by Gasteiger charge is -2.34. The zero-order valence-corrected chi connectivity index (χ0v) is 21.0. The molecule has 0 spiro atoms. The molecule has 1 aromatic heterocycles. The lowest BCUT2D eigenvalue weighted by atomic mass is 9.95. The van der Waals surface area contributed by atoms with Crippen molar-refractivity contribution in [1.82, 2.24) is 20.9 Å². The Kier molecular flexibility index (Phi) is 12.0. The van der Waals surface area contributed by atoms with Gasteiger partial charge in [-0.1, -0.05) is 25.3 Å². The molecule has 3 rings (SSSR count). The molecular weight excluding hydrogens is 513 g/mol. The molecule has 1 aliphatic heterocycles. The van der Waals surface area contributed by atoms with E-state index < -0.39 is 0 Å². The third-order valence-electron chi connectivity index (χ3n) is 5.52. The Bertz CT molecular complexity index is 631. The molecule has 2 heterocycles. The molecule has 9 heteroatoms. The van der Waals surface area contributed by atoms with Gasteiger partial charge in [0.25, 0.3) is 0 Å². The van der Waals surface area contributed by atoms with E-state index in [0.29, 0.717) is 12.0 Å². The molecule has 1 aromatic rings. The molecule has 2 fully saturated rings. The standard InChI is InChI=1S/C21H35N5O2S.HI/c1-2-22-21(24-16-20(27)25-17-7-4-3-5-8-17)23-15-18(19-9-6-14-29-19)26-10-12-28-13-11-26;/h6,9,14,17-18H,2-5,7-8,10-13,15-16H2,1H3,(H,25,27)(H2,22,23,24);1H. The number of rotatable bonds is 8. The van der Waals surface area contributed by atoms with Crippen LogP contribution in [0.5, 0.6) is 0 Å². The van der Waals surface area contributed by atoms with Gasteiger partial charge < -0.3 is 20.7 Å². The summed E-state index contributed by atoms with van der Waals surface area (Å²) in [4.78, 5) is 20.6. The summed E-state index contributed by atoms with van der Waals surface area (Å²) >= 11 is 1.78. The van der Waals surface area contributed by atoms with Gasteiger partial charge in [-0.3, -0.25) is 9.69 Å². The number of nitrogens with zero attached hydrogens (tertiary/aromatic N) is 2. The number of nitrogens with one attached hydrogen (secondary N) is 3. The molecule has 30 heavy (non-hydrogen) atoms. The number of guanidine groups is 1. The van der Waals surface area contributed by atoms with Crippen LogP contribution in [0.4, 0.5) is 0 Å². The molecule has 1 amide bonds. The fraction of sp³-hybridized carbons (Fsp3) is 0.714. The Morgan fingerprint density at radius 1 is 1.27 bits per heavy atom. The summed E-state index contributed by atoms with van der Waals surface area (Å²) < 4.78 is 5.52. The van der Waals surface area contributed by atoms with E-state index in [0.717, 1.165) is 52.2 Å². The van der Waals surface area contributed by atoms with Crippen molar-refractivity contribution in [3.63, 3.8) is 0 Å². The van der Waals surface area contributed by atoms with E-state index in [1.165, 1.54) is 24.1 Å². The van der Waals surface area contributed by atoms with Crippen LogP contribution in [-0.4, -0.2) is 68.7 Å². The minimum absolute atomic E-state index is 0. The van der Waals surface area contributed by atoms with Crippen molar-refractivity contribution >= 4 is 47.2 Å². The molecule has 1 aliphatic carbocycles. The molecule has 0 radical (unpaired) electrons. The van der Waals surface area contributed by atoms with E-state index in [-0.39, 0.29) is 42.5 Å². The van der Waals surface area contributed by atoms with Crippen LogP contribution in [0.25, 0.3) is 0 Å². The molecule has 0 aromatic carbocycles. The van der Waals surface area contributed by atoms with Gasteiger partial charge in [-0.15, -0.1) is 35.3 Å². The lowest BCUT2D eigenvalue weighted by molar-refractivity contribution is -0.120. The first-order valence-electron chi connectivity index (χ1n) is 10.9. The maximum atomic E-state index is 12.3. The number of halogens is 1. The van der Waals surface area contributed by atoms with Gasteiger partial charge in [-0.25, -0.2) is 4.99 Å². The third kappa shape index (κ3) is 8.32. The first-order valence-corrected chi connectivity index (χ1v) is 11.8. The SMILES string of the molecule is CCNC(=NCC(=O)NC1CCCCC1)NCC(c1cccs1)N1CCOCC1.I. The fourth-order valence-electron chi connectivity index (χ4n) is 3.99. The highest BCUT2D eigenvalue weighted by atomic mass is 127. The molecule has 3 N–H and O–H groups in total. The maximum absolute atomic E-state index is 12.3. The van der Waals surface area contributed by atoms with Gasteiger partial charge in [0, 0.05) is 37.1 Å². The van der Waals surface area contributed by atoms with Crippen LogP contribution < -0.4 is 16.0 Å². The Morgan fingerprint density at radius 3 is 2.70 bits per heavy atom. The first-order chi connectivity index (χ1) is 14.3. The van der Waals surface area contributed by atoms with E-state index in [4.69, 9.17) is 4.74 Å². The van der Waals surface area contributed by atoms with Crippen LogP contribution in [-0.2, 0) is 9.53 Å². The van der Waals surface area contributed by atoms with Gasteiger partial charge in [-0.05, 0) is 31.2 Å². The molecule has 1 saturated carbocycles. The number of thiophene rings is 1. The largest absolute Gasteiger partial charge is 0.379 e. The van der Waals surface area contributed by atoms with E-state index in [2.05, 4.69) is 43.4 Å². The monoisotopic (exact) mass is 549 g/mol. The zero-order valence-electron chi connectivity index (χ0n) is 17.9. The maximum Gasteiger partial charge on any atom is 0.242 e. The van der Waals surface area contributed by atoms with Gasteiger partial charge in [0.1, 0.15) is 6.54 Å². The number of aliphatic imine (C=N–C) groups is 1. The summed E-state index contributed by atoms with van der Waals surface area (Å²) in [6, 6.07) is 4.89. The van der Waals surface area contributed by atoms with Crippen molar-refractivity contribution in [1.29, 1.82) is 0 Å². The summed E-state index contributed by atoms with van der Waals surface area (Å²) in [7, 11) is 0. The molecule has 7 nitrogen and oxygen atoms in total. The quantitative estimate of drug-likeness (QED) is 0.264. The molecule has 1 atom stereocenters. The predicted molar refractivity (Wildman–Crippen MR) is 134 cm³/mol. The van der Waals surface area contributed by atoms with E-state index in [1.54, 1.807) is 11.3 Å². The minimum Gasteiger partial charge on any atom is -0.379 e. The van der Waals surface area contributed by atoms with E-state index >= 15 is 0 Å². The average Bonchev–Trinajstić information content (AvgIpc) is 3.28. The number of hydrogen-bond acceptors (Lipinski definition) is 5. The summed E-state index contributed by atoms with van der Waals surface area (Å²) in [6.45, 7) is 7.12. The highest BCUT2D eigenvalue weighted by molar-refractivity contribution is 14.0. The smallest absolute Gasteiger partial charge is 0.242 e. The molecule has 170 valence electrons. The molecular formula is C21H36IN5O2S. The predicted octanol–water partition coefficient (Wildman–Crippen LogP) is 2.74. The van der Waals surface area contributed by atoms with Gasteiger partial charge in [-0.2, -0.15) is 0 Å². The third-order valence-corrected chi connectivity index (χ3v) is 6.49. The Hall–Kier alpha value is -0.910. The van der Waals surface area contributed by atoms with Crippen LogP contribution in [0.15, 0.2) is 22.5 Å². The second kappa shape index (κ2) is 14.2. The van der Waals surface area contributed by atoms with Gasteiger partial charge in [0.15, 0.2) is 5.96 Å². The number of morpholine rings is 1. The Balaban J connectivity index is 0.00000320. The average molecular weight is 550 g/mol. The number of carbonyl (C=O) groups excluding carboxylic acids is 1. The van der Waals surface area contributed by atoms with Crippen molar-refractivity contribution < 1.29 is 9.53 Å². The van der Waals surface area contributed by atoms with E-state index in [9.17, 15) is 4.79 Å². The molecule has 1 unspecified atom stereocenters. The van der Waals surface area contributed by atoms with Crippen LogP contribution in [0.3, 0.4) is 0 Å². The molecule has 0 bridgehead atoms. The summed E-state index contributed by atoms with van der Waals surface area (Å²) in [5, 5.41) is 12.0. The van der Waals surface area contributed by atoms with Crippen LogP contribution in [0, 0.1) is 0 Å². The highest BCUT2D eigenvalue weighted by Gasteiger charge is 2.23. The van der Waals surface area contributed by atoms with Gasteiger partial charge in [0.2, 0.25) is 5.91 Å². The van der Waals surface area contributed by atoms with Crippen molar-refractivity contribution in [2.75, 3.05) is 45.9 Å². The van der Waals surface area contributed by atoms with Crippen LogP contribution in [0.1, 0.15) is 49.9 Å². The topological polar surface area (TPSA) is 78.0 Å². The Morgan fingerprint density at radius 2 is 2.03 bits per heavy atom. The number of hydrogen-bond donors (Lipinski definition) is 3. The van der Waals surface area contributed by atoms with Crippen LogP contribution in [0.2, 0.25) is 0 Å². The van der Waals surface area contributed by atoms with Gasteiger partial charge in [0.05, 0.1) is 19.3 Å². The number of amides is 1. The van der Waals surface area contributed by atoms with E-state index in [1.807, 2.05) is 6.92 Å². The zero-order chi connectivity index (χ0) is 20.3. The summed E-state index contributed by atoms with van der Waals surface area (Å²) in [6.07, 6.45) is 5.90. The van der Waals surface area contributed by atoms with Crippen molar-refractivity contribution in [3.05, 3.63) is 22.4 Å². The highest BCUT2D eigenvalue weighted by Crippen LogP contribution is 2.25. The number of carbonyl (C=O) groups is 1. The second-order valence-corrected chi connectivity index (χ2v) is 8.64. The first kappa shape index (κ1) is 25.4. The van der Waals surface area contributed by atoms with Crippen molar-refractivity contribution in [3.8, 4) is 0 Å². The fourth-order valence-corrected chi connectivity index (χ4v) is 4.85. The normalized spacial score (nSPS) is 19.6. The molecule has 2 aliphatic rings. The summed E-state index contributed by atoms with van der Waals surface area (Å²) in [5.74, 6) is 0.707. The molecule has 1 saturated heterocycles. The number of ether oxygens (including phenoxy) is 1. The second-order valence-electron chi connectivity index (χ2n) is 7.66. The van der Waals surface area contributed by atoms with Crippen LogP contribution >= 0.6 is 35.3 Å².